The maximum atomic E-state index is 11.9. The number of amides is 1. The van der Waals surface area contributed by atoms with Gasteiger partial charge in [-0.2, -0.15) is 0 Å². The Balaban J connectivity index is 1.82. The topological polar surface area (TPSA) is 56.8 Å². The molecule has 0 unspecified atom stereocenters. The summed E-state index contributed by atoms with van der Waals surface area (Å²) >= 11 is 11.8. The summed E-state index contributed by atoms with van der Waals surface area (Å²) in [6.07, 6.45) is -0.113. The zero-order valence-electron chi connectivity index (χ0n) is 11.6. The Morgan fingerprint density at radius 3 is 2.95 bits per heavy atom. The van der Waals surface area contributed by atoms with Crippen molar-refractivity contribution >= 4 is 29.1 Å². The fourth-order valence-corrected chi connectivity index (χ4v) is 2.49. The molecule has 7 heteroatoms. The van der Waals surface area contributed by atoms with Gasteiger partial charge in [-0.15, -0.1) is 0 Å². The maximum Gasteiger partial charge on any atom is 0.258 e. The molecule has 21 heavy (non-hydrogen) atoms. The molecule has 0 radical (unpaired) electrons. The van der Waals surface area contributed by atoms with E-state index in [1.165, 1.54) is 0 Å². The van der Waals surface area contributed by atoms with E-state index in [9.17, 15) is 4.79 Å². The second kappa shape index (κ2) is 7.84. The third-order valence-corrected chi connectivity index (χ3v) is 3.54. The number of ether oxygens (including phenoxy) is 3. The Morgan fingerprint density at radius 1 is 1.43 bits per heavy atom. The fraction of sp³-hybridized carbons (Fsp3) is 0.500. The highest BCUT2D eigenvalue weighted by atomic mass is 35.5. The average Bonchev–Trinajstić information content (AvgIpc) is 2.85. The van der Waals surface area contributed by atoms with Crippen LogP contribution in [0.1, 0.15) is 6.92 Å². The van der Waals surface area contributed by atoms with E-state index in [1.807, 2.05) is 6.92 Å². The largest absolute Gasteiger partial charge is 0.482 e. The Hall–Kier alpha value is -1.01. The molecule has 1 amide bonds. The average molecular weight is 334 g/mol. The number of carbonyl (C=O) groups excluding carboxylic acids is 1. The first kappa shape index (κ1) is 16.4. The van der Waals surface area contributed by atoms with Crippen LogP contribution in [-0.4, -0.2) is 44.5 Å². The van der Waals surface area contributed by atoms with Crippen molar-refractivity contribution in [2.24, 2.45) is 0 Å². The van der Waals surface area contributed by atoms with Crippen molar-refractivity contribution in [3.05, 3.63) is 28.2 Å². The third kappa shape index (κ3) is 4.74. The molecular weight excluding hydrogens is 317 g/mol. The molecule has 0 aromatic heterocycles. The van der Waals surface area contributed by atoms with Gasteiger partial charge in [-0.05, 0) is 25.1 Å². The van der Waals surface area contributed by atoms with Gasteiger partial charge in [-0.3, -0.25) is 4.79 Å². The number of nitrogens with one attached hydrogen (secondary N) is 1. The van der Waals surface area contributed by atoms with Crippen LogP contribution >= 0.6 is 23.2 Å². The molecule has 0 aliphatic carbocycles. The van der Waals surface area contributed by atoms with Gasteiger partial charge < -0.3 is 19.5 Å². The van der Waals surface area contributed by atoms with Gasteiger partial charge in [0.1, 0.15) is 11.9 Å². The lowest BCUT2D eigenvalue weighted by molar-refractivity contribution is -0.124. The van der Waals surface area contributed by atoms with Gasteiger partial charge in [0.2, 0.25) is 0 Å². The molecule has 1 aromatic carbocycles. The minimum Gasteiger partial charge on any atom is -0.482 e. The van der Waals surface area contributed by atoms with Gasteiger partial charge in [0.05, 0.1) is 24.3 Å². The number of benzene rings is 1. The smallest absolute Gasteiger partial charge is 0.258 e. The van der Waals surface area contributed by atoms with Crippen molar-refractivity contribution < 1.29 is 19.0 Å². The van der Waals surface area contributed by atoms with Gasteiger partial charge in [0, 0.05) is 11.6 Å². The van der Waals surface area contributed by atoms with E-state index in [0.29, 0.717) is 35.6 Å². The predicted octanol–water partition coefficient (Wildman–Crippen LogP) is 2.29. The highest BCUT2D eigenvalue weighted by Crippen LogP contribution is 2.27. The lowest BCUT2D eigenvalue weighted by atomic mass is 10.2. The second-order valence-corrected chi connectivity index (χ2v) is 5.41. The summed E-state index contributed by atoms with van der Waals surface area (Å²) in [5, 5.41) is 3.71. The minimum atomic E-state index is -0.249. The van der Waals surface area contributed by atoms with Crippen molar-refractivity contribution in [2.45, 2.75) is 19.1 Å². The van der Waals surface area contributed by atoms with E-state index in [4.69, 9.17) is 37.4 Å². The van der Waals surface area contributed by atoms with E-state index in [1.54, 1.807) is 18.2 Å². The van der Waals surface area contributed by atoms with Crippen molar-refractivity contribution in [3.63, 3.8) is 0 Å². The van der Waals surface area contributed by atoms with Crippen LogP contribution in [0.4, 0.5) is 0 Å². The molecule has 1 aliphatic rings. The number of hydrogen-bond donors (Lipinski definition) is 1. The lowest BCUT2D eigenvalue weighted by Crippen LogP contribution is -2.45. The molecule has 116 valence electrons. The van der Waals surface area contributed by atoms with E-state index in [-0.39, 0.29) is 24.7 Å². The van der Waals surface area contributed by atoms with Gasteiger partial charge in [0.15, 0.2) is 6.61 Å². The van der Waals surface area contributed by atoms with Crippen molar-refractivity contribution in [3.8, 4) is 5.75 Å². The highest BCUT2D eigenvalue weighted by molar-refractivity contribution is 6.35. The zero-order valence-corrected chi connectivity index (χ0v) is 13.1. The van der Waals surface area contributed by atoms with Gasteiger partial charge in [-0.25, -0.2) is 0 Å². The third-order valence-electron chi connectivity index (χ3n) is 3.01. The van der Waals surface area contributed by atoms with E-state index < -0.39 is 0 Å². The van der Waals surface area contributed by atoms with Crippen LogP contribution < -0.4 is 10.1 Å². The molecule has 0 bridgehead atoms. The first-order valence-corrected chi connectivity index (χ1v) is 7.42. The first-order chi connectivity index (χ1) is 10.1. The Kier molecular flexibility index (Phi) is 6.11. The molecule has 1 N–H and O–H groups in total. The molecule has 5 nitrogen and oxygen atoms in total. The van der Waals surface area contributed by atoms with Gasteiger partial charge >= 0.3 is 0 Å². The molecule has 1 fully saturated rings. The Morgan fingerprint density at radius 2 is 2.24 bits per heavy atom. The van der Waals surface area contributed by atoms with Crippen molar-refractivity contribution in [2.75, 3.05) is 26.4 Å². The standard InChI is InChI=1S/C14H17Cl2NO4/c1-2-20-13-7-19-6-11(13)17-14(18)8-21-12-4-3-9(15)5-10(12)16/h3-5,11,13H,2,6-8H2,1H3,(H,17,18)/t11-,13-/m0/s1. The Labute approximate surface area is 133 Å². The minimum absolute atomic E-state index is 0.113. The van der Waals surface area contributed by atoms with Crippen LogP contribution in [0.3, 0.4) is 0 Å². The Bertz CT molecular complexity index is 498. The molecule has 2 rings (SSSR count). The van der Waals surface area contributed by atoms with Crippen LogP contribution in [0.25, 0.3) is 0 Å². The lowest BCUT2D eigenvalue weighted by Gasteiger charge is -2.19. The van der Waals surface area contributed by atoms with Crippen molar-refractivity contribution in [1.29, 1.82) is 0 Å². The summed E-state index contributed by atoms with van der Waals surface area (Å²) < 4.78 is 16.2. The van der Waals surface area contributed by atoms with E-state index in [0.717, 1.165) is 0 Å². The van der Waals surface area contributed by atoms with Crippen LogP contribution in [0.5, 0.6) is 5.75 Å². The summed E-state index contributed by atoms with van der Waals surface area (Å²) in [5.41, 5.74) is 0. The molecule has 1 heterocycles. The van der Waals surface area contributed by atoms with Crippen LogP contribution in [0.15, 0.2) is 18.2 Å². The molecule has 0 saturated carbocycles. The van der Waals surface area contributed by atoms with Crippen LogP contribution in [-0.2, 0) is 14.3 Å². The molecule has 0 spiro atoms. The normalized spacial score (nSPS) is 21.3. The molecule has 1 aromatic rings. The maximum absolute atomic E-state index is 11.9. The monoisotopic (exact) mass is 333 g/mol. The SMILES string of the molecule is CCO[C@H]1COC[C@@H]1NC(=O)COc1ccc(Cl)cc1Cl. The van der Waals surface area contributed by atoms with E-state index >= 15 is 0 Å². The predicted molar refractivity (Wildman–Crippen MR) is 80.1 cm³/mol. The van der Waals surface area contributed by atoms with E-state index in [2.05, 4.69) is 5.32 Å². The summed E-state index contributed by atoms with van der Waals surface area (Å²) in [6.45, 7) is 3.29. The summed E-state index contributed by atoms with van der Waals surface area (Å²) in [7, 11) is 0. The highest BCUT2D eigenvalue weighted by Gasteiger charge is 2.30. The molecule has 1 aliphatic heterocycles. The van der Waals surface area contributed by atoms with Crippen molar-refractivity contribution in [1.82, 2.24) is 5.32 Å². The quantitative estimate of drug-likeness (QED) is 0.867. The number of rotatable bonds is 6. The first-order valence-electron chi connectivity index (χ1n) is 6.66. The number of hydrogen-bond acceptors (Lipinski definition) is 4. The van der Waals surface area contributed by atoms with Crippen LogP contribution in [0, 0.1) is 0 Å². The molecule has 1 saturated heterocycles. The number of carbonyl (C=O) groups is 1. The second-order valence-electron chi connectivity index (χ2n) is 4.57. The summed E-state index contributed by atoms with van der Waals surface area (Å²) in [6, 6.07) is 4.68. The van der Waals surface area contributed by atoms with Gasteiger partial charge in [0.25, 0.3) is 5.91 Å². The summed E-state index contributed by atoms with van der Waals surface area (Å²) in [4.78, 5) is 11.9. The van der Waals surface area contributed by atoms with Gasteiger partial charge in [-0.1, -0.05) is 23.2 Å². The van der Waals surface area contributed by atoms with Crippen LogP contribution in [0.2, 0.25) is 10.0 Å². The fourth-order valence-electron chi connectivity index (χ4n) is 2.03. The summed E-state index contributed by atoms with van der Waals surface area (Å²) in [5.74, 6) is 0.168. The zero-order chi connectivity index (χ0) is 15.2. The molecule has 2 atom stereocenters. The molecular formula is C14H17Cl2NO4. The number of halogens is 2.